The van der Waals surface area contributed by atoms with E-state index in [4.69, 9.17) is 18.6 Å². The number of hydrogen-bond acceptors (Lipinski definition) is 5. The van der Waals surface area contributed by atoms with Crippen molar-refractivity contribution in [2.45, 2.75) is 33.0 Å². The molecule has 0 fully saturated rings. The largest absolute Gasteiger partial charge is 0.497 e. The van der Waals surface area contributed by atoms with Crippen LogP contribution in [0.25, 0.3) is 0 Å². The molecule has 7 heteroatoms. The van der Waals surface area contributed by atoms with Crippen molar-refractivity contribution in [1.29, 1.82) is 0 Å². The minimum absolute atomic E-state index is 0.0563. The Labute approximate surface area is 167 Å². The normalized spacial score (nSPS) is 12.5. The summed E-state index contributed by atoms with van der Waals surface area (Å²) in [5.41, 5.74) is 0. The molecule has 0 saturated heterocycles. The average molecular weight is 389 g/mol. The van der Waals surface area contributed by atoms with Crippen LogP contribution in [0.5, 0.6) is 11.5 Å². The van der Waals surface area contributed by atoms with Crippen molar-refractivity contribution in [2.75, 3.05) is 33.4 Å². The van der Waals surface area contributed by atoms with Gasteiger partial charge in [0, 0.05) is 25.8 Å². The Hall–Kier alpha value is -2.67. The lowest BCUT2D eigenvalue weighted by Gasteiger charge is -2.15. The van der Waals surface area contributed by atoms with Crippen LogP contribution in [0.15, 0.2) is 52.1 Å². The van der Waals surface area contributed by atoms with Gasteiger partial charge in [0.25, 0.3) is 0 Å². The molecule has 0 aliphatic heterocycles. The van der Waals surface area contributed by atoms with E-state index < -0.39 is 0 Å². The first-order valence-electron chi connectivity index (χ1n) is 9.64. The van der Waals surface area contributed by atoms with Gasteiger partial charge in [-0.05, 0) is 44.5 Å². The zero-order chi connectivity index (χ0) is 20.0. The van der Waals surface area contributed by atoms with Crippen molar-refractivity contribution in [1.82, 2.24) is 10.6 Å². The molecule has 1 unspecified atom stereocenters. The average Bonchev–Trinajstić information content (AvgIpc) is 3.22. The first-order chi connectivity index (χ1) is 13.7. The van der Waals surface area contributed by atoms with E-state index in [1.165, 1.54) is 0 Å². The van der Waals surface area contributed by atoms with Gasteiger partial charge in [0.15, 0.2) is 5.96 Å². The third-order valence-electron chi connectivity index (χ3n) is 3.81. The zero-order valence-electron chi connectivity index (χ0n) is 16.9. The van der Waals surface area contributed by atoms with Gasteiger partial charge in [-0.1, -0.05) is 6.07 Å². The number of nitrogens with zero attached hydrogens (tertiary/aromatic N) is 1. The number of furan rings is 1. The highest BCUT2D eigenvalue weighted by Gasteiger charge is 2.06. The van der Waals surface area contributed by atoms with Crippen molar-refractivity contribution in [3.8, 4) is 11.5 Å². The van der Waals surface area contributed by atoms with Gasteiger partial charge in [-0.15, -0.1) is 0 Å². The number of rotatable bonds is 12. The van der Waals surface area contributed by atoms with E-state index in [1.54, 1.807) is 13.4 Å². The number of benzene rings is 1. The first kappa shape index (κ1) is 21.6. The van der Waals surface area contributed by atoms with Gasteiger partial charge in [-0.25, -0.2) is 4.99 Å². The molecule has 1 aromatic carbocycles. The number of aliphatic imine (C=N–C) groups is 1. The van der Waals surface area contributed by atoms with Gasteiger partial charge in [-0.2, -0.15) is 0 Å². The number of nitrogens with one attached hydrogen (secondary N) is 2. The number of ether oxygens (including phenoxy) is 3. The Kier molecular flexibility index (Phi) is 9.79. The lowest BCUT2D eigenvalue weighted by Crippen LogP contribution is -2.38. The van der Waals surface area contributed by atoms with E-state index >= 15 is 0 Å². The van der Waals surface area contributed by atoms with Crippen LogP contribution < -0.4 is 20.1 Å². The Morgan fingerprint density at radius 2 is 2.04 bits per heavy atom. The van der Waals surface area contributed by atoms with Crippen molar-refractivity contribution in [2.24, 2.45) is 4.99 Å². The molecule has 1 aromatic heterocycles. The highest BCUT2D eigenvalue weighted by atomic mass is 16.5. The summed E-state index contributed by atoms with van der Waals surface area (Å²) in [6.07, 6.45) is 2.47. The second kappa shape index (κ2) is 12.7. The van der Waals surface area contributed by atoms with Crippen molar-refractivity contribution in [3.05, 3.63) is 48.4 Å². The van der Waals surface area contributed by atoms with Gasteiger partial charge in [0.2, 0.25) is 0 Å². The third-order valence-corrected chi connectivity index (χ3v) is 3.81. The number of guanidine groups is 1. The summed E-state index contributed by atoms with van der Waals surface area (Å²) < 4.78 is 21.9. The molecule has 154 valence electrons. The maximum Gasteiger partial charge on any atom is 0.191 e. The molecule has 0 saturated carbocycles. The van der Waals surface area contributed by atoms with Gasteiger partial charge in [0.1, 0.15) is 30.0 Å². The van der Waals surface area contributed by atoms with Crippen LogP contribution in [0.1, 0.15) is 26.0 Å². The molecule has 0 amide bonds. The molecule has 2 N–H and O–H groups in total. The summed E-state index contributed by atoms with van der Waals surface area (Å²) in [4.78, 5) is 4.59. The molecule has 7 nitrogen and oxygen atoms in total. The summed E-state index contributed by atoms with van der Waals surface area (Å²) in [7, 11) is 1.64. The third kappa shape index (κ3) is 8.35. The summed E-state index contributed by atoms with van der Waals surface area (Å²) in [6.45, 7) is 7.31. The second-order valence-electron chi connectivity index (χ2n) is 6.24. The highest BCUT2D eigenvalue weighted by molar-refractivity contribution is 5.79. The Balaban J connectivity index is 1.68. The minimum Gasteiger partial charge on any atom is -0.497 e. The van der Waals surface area contributed by atoms with Gasteiger partial charge in [0.05, 0.1) is 19.9 Å². The van der Waals surface area contributed by atoms with E-state index in [1.807, 2.05) is 50.2 Å². The molecule has 2 rings (SSSR count). The Morgan fingerprint density at radius 1 is 1.18 bits per heavy atom. The van der Waals surface area contributed by atoms with E-state index in [0.29, 0.717) is 19.8 Å². The van der Waals surface area contributed by atoms with Crippen molar-refractivity contribution in [3.63, 3.8) is 0 Å². The van der Waals surface area contributed by atoms with Crippen LogP contribution >= 0.6 is 0 Å². The topological polar surface area (TPSA) is 77.3 Å². The first-order valence-corrected chi connectivity index (χ1v) is 9.64. The van der Waals surface area contributed by atoms with Gasteiger partial charge < -0.3 is 29.3 Å². The van der Waals surface area contributed by atoms with Crippen molar-refractivity contribution < 1.29 is 18.6 Å². The molecule has 0 radical (unpaired) electrons. The maximum atomic E-state index is 5.91. The van der Waals surface area contributed by atoms with E-state index in [9.17, 15) is 0 Å². The Morgan fingerprint density at radius 3 is 2.79 bits per heavy atom. The molecule has 0 aliphatic carbocycles. The fraction of sp³-hybridized carbons (Fsp3) is 0.476. The molecule has 0 spiro atoms. The lowest BCUT2D eigenvalue weighted by atomic mass is 10.3. The van der Waals surface area contributed by atoms with Gasteiger partial charge in [-0.3, -0.25) is 0 Å². The summed E-state index contributed by atoms with van der Waals surface area (Å²) >= 11 is 0. The molecular formula is C21H31N3O4. The summed E-state index contributed by atoms with van der Waals surface area (Å²) in [5, 5.41) is 6.55. The van der Waals surface area contributed by atoms with Crippen LogP contribution in [0.2, 0.25) is 0 Å². The number of hydrogen-bond donors (Lipinski definition) is 2. The van der Waals surface area contributed by atoms with Crippen LogP contribution in [0.3, 0.4) is 0 Å². The number of methoxy groups -OCH3 is 1. The van der Waals surface area contributed by atoms with E-state index in [0.717, 1.165) is 42.7 Å². The summed E-state index contributed by atoms with van der Waals surface area (Å²) in [5.74, 6) is 3.16. The monoisotopic (exact) mass is 389 g/mol. The smallest absolute Gasteiger partial charge is 0.191 e. The molecule has 1 atom stereocenters. The standard InChI is InChI=1S/C21H31N3O4/c1-4-22-21(23-11-7-12-26-16-20-10-6-13-27-20)24-15-17(2)28-19-9-5-8-18(14-19)25-3/h5-6,8-10,13-14,17H,4,7,11-12,15-16H2,1-3H3,(H2,22,23,24). The molecule has 28 heavy (non-hydrogen) atoms. The second-order valence-corrected chi connectivity index (χ2v) is 6.24. The van der Waals surface area contributed by atoms with Crippen molar-refractivity contribution >= 4 is 5.96 Å². The molecule has 0 bridgehead atoms. The van der Waals surface area contributed by atoms with Crippen LogP contribution in [-0.4, -0.2) is 45.4 Å². The highest BCUT2D eigenvalue weighted by Crippen LogP contribution is 2.19. The van der Waals surface area contributed by atoms with E-state index in [-0.39, 0.29) is 6.10 Å². The SMILES string of the molecule is CCNC(=NCC(C)Oc1cccc(OC)c1)NCCCOCc1ccco1. The fourth-order valence-electron chi connectivity index (χ4n) is 2.45. The maximum absolute atomic E-state index is 5.91. The van der Waals surface area contributed by atoms with Crippen LogP contribution in [0.4, 0.5) is 0 Å². The quantitative estimate of drug-likeness (QED) is 0.330. The fourth-order valence-corrected chi connectivity index (χ4v) is 2.45. The predicted molar refractivity (Wildman–Crippen MR) is 110 cm³/mol. The minimum atomic E-state index is -0.0563. The van der Waals surface area contributed by atoms with Crippen LogP contribution in [-0.2, 0) is 11.3 Å². The molecule has 0 aliphatic rings. The Bertz CT molecular complexity index is 689. The van der Waals surface area contributed by atoms with Crippen LogP contribution in [0, 0.1) is 0 Å². The molecule has 1 heterocycles. The summed E-state index contributed by atoms with van der Waals surface area (Å²) in [6, 6.07) is 11.3. The van der Waals surface area contributed by atoms with Gasteiger partial charge >= 0.3 is 0 Å². The molecule has 2 aromatic rings. The molecular weight excluding hydrogens is 358 g/mol. The predicted octanol–water partition coefficient (Wildman–Crippen LogP) is 3.22. The zero-order valence-corrected chi connectivity index (χ0v) is 16.9. The van der Waals surface area contributed by atoms with E-state index in [2.05, 4.69) is 15.6 Å². The lowest BCUT2D eigenvalue weighted by molar-refractivity contribution is 0.105.